The lowest BCUT2D eigenvalue weighted by atomic mass is 10.1. The normalized spacial score (nSPS) is 24.9. The van der Waals surface area contributed by atoms with Crippen LogP contribution in [0, 0.1) is 0 Å². The van der Waals surface area contributed by atoms with E-state index in [0.717, 1.165) is 24.9 Å². The van der Waals surface area contributed by atoms with Crippen LogP contribution >= 0.6 is 11.6 Å². The number of benzene rings is 1. The molecule has 114 valence electrons. The van der Waals surface area contributed by atoms with Crippen molar-refractivity contribution in [2.75, 3.05) is 20.6 Å². The van der Waals surface area contributed by atoms with Gasteiger partial charge in [-0.1, -0.05) is 23.7 Å². The zero-order valence-corrected chi connectivity index (χ0v) is 13.5. The van der Waals surface area contributed by atoms with Gasteiger partial charge in [0.05, 0.1) is 0 Å². The molecule has 21 heavy (non-hydrogen) atoms. The second-order valence-corrected chi connectivity index (χ2v) is 6.94. The third kappa shape index (κ3) is 2.68. The summed E-state index contributed by atoms with van der Waals surface area (Å²) in [6.07, 6.45) is 1.80. The maximum absolute atomic E-state index is 12.8. The van der Waals surface area contributed by atoms with E-state index in [1.54, 1.807) is 0 Å². The predicted octanol–water partition coefficient (Wildman–Crippen LogP) is 2.25. The fourth-order valence-electron chi connectivity index (χ4n) is 3.23. The third-order valence-corrected chi connectivity index (χ3v) is 4.59. The molecule has 2 fully saturated rings. The largest absolute Gasteiger partial charge is 0.317 e. The van der Waals surface area contributed by atoms with Crippen LogP contribution in [0.15, 0.2) is 24.3 Å². The molecule has 1 N–H and O–H groups in total. The Kier molecular flexibility index (Phi) is 3.72. The molecule has 1 saturated carbocycles. The molecule has 0 bridgehead atoms. The van der Waals surface area contributed by atoms with E-state index >= 15 is 0 Å². The number of nitrogens with zero attached hydrogens (tertiary/aromatic N) is 2. The SMILES string of the molecule is CC(CN(C)C)N1C(=O)C2(CC2)NC1c1cccc(Cl)c1. The maximum atomic E-state index is 12.8. The predicted molar refractivity (Wildman–Crippen MR) is 84.2 cm³/mol. The van der Waals surface area contributed by atoms with E-state index in [1.165, 1.54) is 0 Å². The van der Waals surface area contributed by atoms with Gasteiger partial charge in [-0.15, -0.1) is 0 Å². The van der Waals surface area contributed by atoms with Crippen molar-refractivity contribution in [3.63, 3.8) is 0 Å². The summed E-state index contributed by atoms with van der Waals surface area (Å²) in [6.45, 7) is 2.96. The van der Waals surface area contributed by atoms with E-state index in [9.17, 15) is 4.79 Å². The Morgan fingerprint density at radius 2 is 2.19 bits per heavy atom. The lowest BCUT2D eigenvalue weighted by Crippen LogP contribution is -2.44. The minimum atomic E-state index is -0.312. The van der Waals surface area contributed by atoms with Crippen molar-refractivity contribution in [3.8, 4) is 0 Å². The number of amides is 1. The molecular formula is C16H22ClN3O. The zero-order valence-electron chi connectivity index (χ0n) is 12.8. The van der Waals surface area contributed by atoms with E-state index < -0.39 is 0 Å². The molecule has 1 heterocycles. The van der Waals surface area contributed by atoms with Gasteiger partial charge in [0.2, 0.25) is 5.91 Å². The Balaban J connectivity index is 1.91. The summed E-state index contributed by atoms with van der Waals surface area (Å²) in [5.41, 5.74) is 0.748. The fraction of sp³-hybridized carbons (Fsp3) is 0.562. The van der Waals surface area contributed by atoms with Gasteiger partial charge in [0.15, 0.2) is 0 Å². The van der Waals surface area contributed by atoms with Crippen molar-refractivity contribution < 1.29 is 4.79 Å². The summed E-state index contributed by atoms with van der Waals surface area (Å²) < 4.78 is 0. The summed E-state index contributed by atoms with van der Waals surface area (Å²) in [5, 5.41) is 4.25. The molecule has 1 aromatic carbocycles. The summed E-state index contributed by atoms with van der Waals surface area (Å²) in [7, 11) is 4.07. The van der Waals surface area contributed by atoms with Gasteiger partial charge in [0, 0.05) is 17.6 Å². The minimum absolute atomic E-state index is 0.0753. The van der Waals surface area contributed by atoms with Crippen LogP contribution in [0.4, 0.5) is 0 Å². The van der Waals surface area contributed by atoms with Gasteiger partial charge in [-0.2, -0.15) is 0 Å². The molecule has 5 heteroatoms. The second-order valence-electron chi connectivity index (χ2n) is 6.51. The van der Waals surface area contributed by atoms with Gasteiger partial charge in [0.1, 0.15) is 11.7 Å². The first-order valence-electron chi connectivity index (χ1n) is 7.44. The first kappa shape index (κ1) is 14.8. The molecule has 2 unspecified atom stereocenters. The quantitative estimate of drug-likeness (QED) is 0.927. The Hall–Kier alpha value is -1.10. The monoisotopic (exact) mass is 307 g/mol. The molecule has 1 amide bonds. The van der Waals surface area contributed by atoms with Gasteiger partial charge in [-0.25, -0.2) is 0 Å². The number of nitrogens with one attached hydrogen (secondary N) is 1. The Morgan fingerprint density at radius 1 is 1.48 bits per heavy atom. The number of likely N-dealkylation sites (N-methyl/N-ethyl adjacent to an activating group) is 1. The van der Waals surface area contributed by atoms with Crippen LogP contribution in [0.5, 0.6) is 0 Å². The van der Waals surface area contributed by atoms with Crippen molar-refractivity contribution in [2.24, 2.45) is 0 Å². The van der Waals surface area contributed by atoms with Crippen LogP contribution in [-0.2, 0) is 4.79 Å². The molecule has 3 rings (SSSR count). The molecule has 2 aliphatic rings. The van der Waals surface area contributed by atoms with Gasteiger partial charge in [0.25, 0.3) is 0 Å². The van der Waals surface area contributed by atoms with Gasteiger partial charge in [-0.05, 0) is 51.6 Å². The molecule has 0 aromatic heterocycles. The molecule has 0 radical (unpaired) electrons. The average molecular weight is 308 g/mol. The molecule has 1 aromatic rings. The second kappa shape index (κ2) is 5.27. The van der Waals surface area contributed by atoms with E-state index in [1.807, 2.05) is 43.3 Å². The van der Waals surface area contributed by atoms with Crippen molar-refractivity contribution in [3.05, 3.63) is 34.9 Å². The Labute approximate surface area is 131 Å². The van der Waals surface area contributed by atoms with Crippen LogP contribution in [0.3, 0.4) is 0 Å². The number of hydrogen-bond acceptors (Lipinski definition) is 3. The molecule has 1 aliphatic heterocycles. The number of rotatable bonds is 4. The molecule has 4 nitrogen and oxygen atoms in total. The lowest BCUT2D eigenvalue weighted by molar-refractivity contribution is -0.133. The lowest BCUT2D eigenvalue weighted by Gasteiger charge is -2.32. The van der Waals surface area contributed by atoms with Crippen molar-refractivity contribution in [1.82, 2.24) is 15.1 Å². The van der Waals surface area contributed by atoms with E-state index in [4.69, 9.17) is 11.6 Å². The van der Waals surface area contributed by atoms with Crippen LogP contribution in [0.1, 0.15) is 31.5 Å². The highest BCUT2D eigenvalue weighted by molar-refractivity contribution is 6.30. The summed E-state index contributed by atoms with van der Waals surface area (Å²) >= 11 is 6.12. The highest BCUT2D eigenvalue weighted by Crippen LogP contribution is 2.46. The topological polar surface area (TPSA) is 35.6 Å². The summed E-state index contributed by atoms with van der Waals surface area (Å²) in [6, 6.07) is 7.94. The molecule has 1 spiro atoms. The molecule has 2 atom stereocenters. The number of carbonyl (C=O) groups is 1. The number of carbonyl (C=O) groups excluding carboxylic acids is 1. The van der Waals surface area contributed by atoms with Crippen molar-refractivity contribution >= 4 is 17.5 Å². The summed E-state index contributed by atoms with van der Waals surface area (Å²) in [4.78, 5) is 16.9. The first-order chi connectivity index (χ1) is 9.93. The number of hydrogen-bond donors (Lipinski definition) is 1. The van der Waals surface area contributed by atoms with Crippen LogP contribution in [-0.4, -0.2) is 47.9 Å². The van der Waals surface area contributed by atoms with Gasteiger partial charge in [-0.3, -0.25) is 10.1 Å². The third-order valence-electron chi connectivity index (χ3n) is 4.35. The Morgan fingerprint density at radius 3 is 2.76 bits per heavy atom. The highest BCUT2D eigenvalue weighted by Gasteiger charge is 2.60. The van der Waals surface area contributed by atoms with E-state index in [-0.39, 0.29) is 23.7 Å². The standard InChI is InChI=1S/C16H22ClN3O/c1-11(10-19(2)3)20-14(12-5-4-6-13(17)9-12)18-16(7-8-16)15(20)21/h4-6,9,11,14,18H,7-8,10H2,1-3H3. The Bertz CT molecular complexity index is 556. The van der Waals surface area contributed by atoms with Crippen LogP contribution < -0.4 is 5.32 Å². The molecule has 1 aliphatic carbocycles. The molecule has 1 saturated heterocycles. The highest BCUT2D eigenvalue weighted by atomic mass is 35.5. The van der Waals surface area contributed by atoms with Gasteiger partial charge >= 0.3 is 0 Å². The van der Waals surface area contributed by atoms with Crippen LogP contribution in [0.2, 0.25) is 5.02 Å². The van der Waals surface area contributed by atoms with E-state index in [0.29, 0.717) is 5.02 Å². The summed E-state index contributed by atoms with van der Waals surface area (Å²) in [5.74, 6) is 0.238. The molecular weight excluding hydrogens is 286 g/mol. The van der Waals surface area contributed by atoms with E-state index in [2.05, 4.69) is 17.1 Å². The number of halogens is 1. The van der Waals surface area contributed by atoms with Crippen molar-refractivity contribution in [2.45, 2.75) is 37.5 Å². The first-order valence-corrected chi connectivity index (χ1v) is 7.81. The minimum Gasteiger partial charge on any atom is -0.317 e. The van der Waals surface area contributed by atoms with Crippen molar-refractivity contribution in [1.29, 1.82) is 0 Å². The fourth-order valence-corrected chi connectivity index (χ4v) is 3.43. The maximum Gasteiger partial charge on any atom is 0.244 e. The van der Waals surface area contributed by atoms with Crippen LogP contribution in [0.25, 0.3) is 0 Å². The zero-order chi connectivity index (χ0) is 15.2. The average Bonchev–Trinajstić information content (AvgIpc) is 3.11. The van der Waals surface area contributed by atoms with Gasteiger partial charge < -0.3 is 9.80 Å². The smallest absolute Gasteiger partial charge is 0.244 e.